The molecule has 0 aliphatic heterocycles. The van der Waals surface area contributed by atoms with Crippen molar-refractivity contribution in [3.8, 4) is 5.75 Å². The Bertz CT molecular complexity index is 925. The molecule has 0 saturated heterocycles. The number of amides is 1. The number of thioether (sulfide) groups is 1. The second kappa shape index (κ2) is 12.7. The number of carbonyl (C=O) groups excluding carboxylic acids is 2. The fourth-order valence-corrected chi connectivity index (χ4v) is 4.02. The molecular weight excluding hydrogens is 544 g/mol. The minimum Gasteiger partial charge on any atom is -0.458 e. The van der Waals surface area contributed by atoms with Crippen LogP contribution in [0.2, 0.25) is 0 Å². The first-order chi connectivity index (χ1) is 17.0. The summed E-state index contributed by atoms with van der Waals surface area (Å²) in [6.07, 6.45) is -11.8. The van der Waals surface area contributed by atoms with Gasteiger partial charge in [0.15, 0.2) is 5.60 Å². The molecule has 38 heavy (non-hydrogen) atoms. The molecule has 1 aromatic carbocycles. The average molecular weight is 578 g/mol. The van der Waals surface area contributed by atoms with E-state index >= 15 is 0 Å². The molecule has 0 heterocycles. The Hall–Kier alpha value is -2.35. The number of aliphatic hydroxyl groups is 1. The Morgan fingerprint density at radius 1 is 0.895 bits per heavy atom. The van der Waals surface area contributed by atoms with E-state index < -0.39 is 65.2 Å². The summed E-state index contributed by atoms with van der Waals surface area (Å²) >= 11 is 0.973. The van der Waals surface area contributed by atoms with E-state index in [4.69, 9.17) is 9.47 Å². The van der Waals surface area contributed by atoms with Crippen LogP contribution < -0.4 is 10.1 Å². The third-order valence-corrected chi connectivity index (χ3v) is 5.59. The molecule has 0 saturated carbocycles. The summed E-state index contributed by atoms with van der Waals surface area (Å²) in [4.78, 5) is 24.7. The fourth-order valence-electron chi connectivity index (χ4n) is 2.98. The summed E-state index contributed by atoms with van der Waals surface area (Å²) in [5.41, 5.74) is -5.69. The van der Waals surface area contributed by atoms with Crippen molar-refractivity contribution in [3.05, 3.63) is 29.8 Å². The van der Waals surface area contributed by atoms with Crippen LogP contribution in [0.25, 0.3) is 0 Å². The van der Waals surface area contributed by atoms with E-state index in [9.17, 15) is 41.0 Å². The van der Waals surface area contributed by atoms with Gasteiger partial charge in [0, 0.05) is 0 Å². The van der Waals surface area contributed by atoms with Crippen LogP contribution in [0.5, 0.6) is 5.75 Å². The van der Waals surface area contributed by atoms with Gasteiger partial charge in [0.2, 0.25) is 0 Å². The van der Waals surface area contributed by atoms with Gasteiger partial charge in [-0.3, -0.25) is 0 Å². The highest BCUT2D eigenvalue weighted by Crippen LogP contribution is 2.43. The molecule has 1 amide bonds. The molecule has 218 valence electrons. The summed E-state index contributed by atoms with van der Waals surface area (Å²) in [6, 6.07) is 1.64. The highest BCUT2D eigenvalue weighted by atomic mass is 32.2. The molecule has 0 spiro atoms. The number of ether oxygens (including phenoxy) is 3. The number of benzene rings is 1. The summed E-state index contributed by atoms with van der Waals surface area (Å²) in [7, 11) is 0. The fraction of sp³-hybridized carbons (Fsp3) is 0.667. The first kappa shape index (κ1) is 33.7. The predicted molar refractivity (Wildman–Crippen MR) is 129 cm³/mol. The highest BCUT2D eigenvalue weighted by Gasteiger charge is 2.54. The Kier molecular flexibility index (Phi) is 11.2. The van der Waals surface area contributed by atoms with Crippen molar-refractivity contribution < 1.29 is 55.2 Å². The SMILES string of the molecule is CC(C)(C)OC(=O)N[C@@H](CCSCCC(O)(c1ccc(OC(F)(F)F)cc1)C(F)(F)F)C(=O)OC(C)(C)C. The second-order valence-electron chi connectivity index (χ2n) is 10.3. The number of alkyl carbamates (subject to hydrolysis) is 1. The molecule has 1 aromatic rings. The Morgan fingerprint density at radius 2 is 1.42 bits per heavy atom. The molecule has 0 radical (unpaired) electrons. The maximum Gasteiger partial charge on any atom is 0.573 e. The smallest absolute Gasteiger partial charge is 0.458 e. The molecule has 0 aliphatic carbocycles. The van der Waals surface area contributed by atoms with Gasteiger partial charge >= 0.3 is 24.6 Å². The van der Waals surface area contributed by atoms with Gasteiger partial charge in [-0.2, -0.15) is 24.9 Å². The average Bonchev–Trinajstić information content (AvgIpc) is 2.68. The number of carbonyl (C=O) groups is 2. The van der Waals surface area contributed by atoms with Gasteiger partial charge in [-0.15, -0.1) is 13.2 Å². The lowest BCUT2D eigenvalue weighted by molar-refractivity contribution is -0.275. The number of esters is 1. The van der Waals surface area contributed by atoms with Crippen LogP contribution >= 0.6 is 11.8 Å². The van der Waals surface area contributed by atoms with Gasteiger partial charge in [-0.25, -0.2) is 9.59 Å². The molecule has 0 fully saturated rings. The number of alkyl halides is 6. The number of hydrogen-bond donors (Lipinski definition) is 2. The van der Waals surface area contributed by atoms with E-state index in [0.29, 0.717) is 24.3 Å². The summed E-state index contributed by atoms with van der Waals surface area (Å²) in [5, 5.41) is 12.8. The Balaban J connectivity index is 2.85. The Morgan fingerprint density at radius 3 is 1.87 bits per heavy atom. The zero-order chi connectivity index (χ0) is 29.6. The zero-order valence-corrected chi connectivity index (χ0v) is 22.7. The molecule has 1 unspecified atom stereocenters. The zero-order valence-electron chi connectivity index (χ0n) is 21.9. The lowest BCUT2D eigenvalue weighted by Gasteiger charge is -2.31. The largest absolute Gasteiger partial charge is 0.573 e. The van der Waals surface area contributed by atoms with Crippen LogP contribution in [-0.4, -0.2) is 58.5 Å². The summed E-state index contributed by atoms with van der Waals surface area (Å²) in [5.74, 6) is -1.61. The van der Waals surface area contributed by atoms with E-state index in [1.807, 2.05) is 0 Å². The quantitative estimate of drug-likeness (QED) is 0.198. The Labute approximate surface area is 221 Å². The third-order valence-electron chi connectivity index (χ3n) is 4.58. The molecular formula is C24H33F6NO6S. The second-order valence-corrected chi connectivity index (χ2v) is 11.5. The first-order valence-corrected chi connectivity index (χ1v) is 12.6. The van der Waals surface area contributed by atoms with Crippen molar-refractivity contribution in [2.45, 2.75) is 89.8 Å². The maximum absolute atomic E-state index is 13.7. The lowest BCUT2D eigenvalue weighted by atomic mass is 9.90. The van der Waals surface area contributed by atoms with Crippen LogP contribution in [0.15, 0.2) is 24.3 Å². The molecule has 7 nitrogen and oxygen atoms in total. The molecule has 2 N–H and O–H groups in total. The number of hydrogen-bond acceptors (Lipinski definition) is 7. The number of nitrogens with one attached hydrogen (secondary N) is 1. The van der Waals surface area contributed by atoms with E-state index in [1.54, 1.807) is 41.5 Å². The lowest BCUT2D eigenvalue weighted by Crippen LogP contribution is -2.46. The van der Waals surface area contributed by atoms with Crippen molar-refractivity contribution in [2.24, 2.45) is 0 Å². The van der Waals surface area contributed by atoms with Crippen LogP contribution in [-0.2, 0) is 19.9 Å². The van der Waals surface area contributed by atoms with Gasteiger partial charge in [0.25, 0.3) is 0 Å². The third kappa shape index (κ3) is 12.0. The minimum atomic E-state index is -5.13. The molecule has 0 aromatic heterocycles. The maximum atomic E-state index is 13.7. The van der Waals surface area contributed by atoms with Crippen molar-refractivity contribution in [1.82, 2.24) is 5.32 Å². The van der Waals surface area contributed by atoms with Gasteiger partial charge in [-0.1, -0.05) is 12.1 Å². The van der Waals surface area contributed by atoms with Crippen molar-refractivity contribution in [1.29, 1.82) is 0 Å². The van der Waals surface area contributed by atoms with Crippen LogP contribution in [0.1, 0.15) is 59.9 Å². The van der Waals surface area contributed by atoms with Crippen LogP contribution in [0.3, 0.4) is 0 Å². The first-order valence-electron chi connectivity index (χ1n) is 11.5. The monoisotopic (exact) mass is 577 g/mol. The van der Waals surface area contributed by atoms with Gasteiger partial charge in [0.1, 0.15) is 23.0 Å². The summed E-state index contributed by atoms with van der Waals surface area (Å²) < 4.78 is 92.3. The number of halogens is 6. The molecule has 0 bridgehead atoms. The highest BCUT2D eigenvalue weighted by molar-refractivity contribution is 7.99. The van der Waals surface area contributed by atoms with Gasteiger partial charge in [0.05, 0.1) is 0 Å². The van der Waals surface area contributed by atoms with Crippen molar-refractivity contribution in [2.75, 3.05) is 11.5 Å². The van der Waals surface area contributed by atoms with E-state index in [2.05, 4.69) is 10.1 Å². The number of rotatable bonds is 10. The van der Waals surface area contributed by atoms with Crippen LogP contribution in [0, 0.1) is 0 Å². The van der Waals surface area contributed by atoms with Crippen LogP contribution in [0.4, 0.5) is 31.1 Å². The minimum absolute atomic E-state index is 0.00720. The molecule has 2 atom stereocenters. The predicted octanol–water partition coefficient (Wildman–Crippen LogP) is 6.08. The van der Waals surface area contributed by atoms with Gasteiger partial charge in [-0.05, 0) is 83.6 Å². The topological polar surface area (TPSA) is 94.1 Å². The van der Waals surface area contributed by atoms with E-state index in [1.165, 1.54) is 0 Å². The molecule has 14 heteroatoms. The molecule has 1 rings (SSSR count). The summed E-state index contributed by atoms with van der Waals surface area (Å²) in [6.45, 7) is 9.77. The van der Waals surface area contributed by atoms with E-state index in [0.717, 1.165) is 11.8 Å². The van der Waals surface area contributed by atoms with Gasteiger partial charge < -0.3 is 24.6 Å². The van der Waals surface area contributed by atoms with E-state index in [-0.39, 0.29) is 17.9 Å². The normalized spacial score (nSPS) is 15.3. The van der Waals surface area contributed by atoms with Crippen molar-refractivity contribution in [3.63, 3.8) is 0 Å². The van der Waals surface area contributed by atoms with Crippen molar-refractivity contribution >= 4 is 23.8 Å². The standard InChI is InChI=1S/C24H33F6NO6S/c1-20(2,3)36-18(32)17(31-19(33)37-21(4,5)6)11-13-38-14-12-22(34,23(25,26)27)15-7-9-16(10-8-15)35-24(28,29)30/h7-10,17,34H,11-14H2,1-6H3,(H,31,33)/t17-,22?/m0/s1. The molecule has 0 aliphatic rings.